The zero-order valence-corrected chi connectivity index (χ0v) is 8.88. The Balaban J connectivity index is 3.05. The molecule has 1 rings (SSSR count). The van der Waals surface area contributed by atoms with Gasteiger partial charge in [0.1, 0.15) is 0 Å². The molecule has 3 N–H and O–H groups in total. The molecule has 0 saturated heterocycles. The lowest BCUT2D eigenvalue weighted by Crippen LogP contribution is -2.28. The first-order valence-electron chi connectivity index (χ1n) is 4.55. The summed E-state index contributed by atoms with van der Waals surface area (Å²) in [6.45, 7) is 5.60. The number of hydrazine groups is 1. The normalized spacial score (nSPS) is 12.3. The highest BCUT2D eigenvalue weighted by molar-refractivity contribution is 5.33. The average Bonchev–Trinajstić information content (AvgIpc) is 2.18. The summed E-state index contributed by atoms with van der Waals surface area (Å²) in [6, 6.07) is 4.46. The van der Waals surface area contributed by atoms with Crippen molar-refractivity contribution < 1.29 is 9.13 Å². The van der Waals surface area contributed by atoms with Gasteiger partial charge in [-0.1, -0.05) is 18.2 Å². The molecule has 3 nitrogen and oxygen atoms in total. The molecule has 1 unspecified atom stereocenters. The largest absolute Gasteiger partial charge is 0.494 e. The first-order valence-corrected chi connectivity index (χ1v) is 4.55. The van der Waals surface area contributed by atoms with Crippen LogP contribution in [-0.4, -0.2) is 7.11 Å². The van der Waals surface area contributed by atoms with Crippen molar-refractivity contribution in [2.45, 2.75) is 13.0 Å². The van der Waals surface area contributed by atoms with Crippen LogP contribution in [0.4, 0.5) is 4.39 Å². The Hall–Kier alpha value is -1.39. The molecule has 0 aromatic heterocycles. The zero-order chi connectivity index (χ0) is 11.4. The molecule has 0 fully saturated rings. The Kier molecular flexibility index (Phi) is 3.82. The highest BCUT2D eigenvalue weighted by atomic mass is 19.1. The number of halogens is 1. The lowest BCUT2D eigenvalue weighted by molar-refractivity contribution is 0.385. The van der Waals surface area contributed by atoms with Gasteiger partial charge in [0.2, 0.25) is 0 Å². The third-order valence-electron chi connectivity index (χ3n) is 2.17. The van der Waals surface area contributed by atoms with Crippen molar-refractivity contribution >= 4 is 0 Å². The van der Waals surface area contributed by atoms with Crippen LogP contribution in [-0.2, 0) is 0 Å². The Bertz CT molecular complexity index is 366. The average molecular weight is 210 g/mol. The Labute approximate surface area is 88.7 Å². The molecule has 0 bridgehead atoms. The van der Waals surface area contributed by atoms with Crippen LogP contribution in [0.5, 0.6) is 5.75 Å². The highest BCUT2D eigenvalue weighted by Gasteiger charge is 2.12. The molecule has 1 aromatic carbocycles. The molecule has 4 heteroatoms. The molecular weight excluding hydrogens is 195 g/mol. The minimum Gasteiger partial charge on any atom is -0.494 e. The minimum atomic E-state index is -0.406. The molecule has 82 valence electrons. The fraction of sp³-hybridized carbons (Fsp3) is 0.273. The first-order chi connectivity index (χ1) is 7.10. The van der Waals surface area contributed by atoms with Crippen LogP contribution >= 0.6 is 0 Å². The third kappa shape index (κ3) is 2.55. The van der Waals surface area contributed by atoms with Crippen LogP contribution in [0.1, 0.15) is 18.5 Å². The van der Waals surface area contributed by atoms with Crippen LogP contribution in [0.25, 0.3) is 0 Å². The van der Waals surface area contributed by atoms with E-state index >= 15 is 0 Å². The number of methoxy groups -OCH3 is 1. The predicted octanol–water partition coefficient (Wildman–Crippen LogP) is 1.91. The molecule has 1 atom stereocenters. The number of hydrogen-bond donors (Lipinski definition) is 2. The summed E-state index contributed by atoms with van der Waals surface area (Å²) < 4.78 is 18.2. The van der Waals surface area contributed by atoms with Gasteiger partial charge in [-0.05, 0) is 24.6 Å². The van der Waals surface area contributed by atoms with Crippen LogP contribution in [0.3, 0.4) is 0 Å². The summed E-state index contributed by atoms with van der Waals surface area (Å²) in [6.07, 6.45) is 0. The summed E-state index contributed by atoms with van der Waals surface area (Å²) in [7, 11) is 1.43. The molecule has 0 amide bonds. The van der Waals surface area contributed by atoms with E-state index in [1.165, 1.54) is 13.2 Å². The molecule has 0 aliphatic rings. The van der Waals surface area contributed by atoms with Crippen LogP contribution in [0.2, 0.25) is 0 Å². The molecule has 0 spiro atoms. The van der Waals surface area contributed by atoms with Gasteiger partial charge >= 0.3 is 0 Å². The van der Waals surface area contributed by atoms with Crippen LogP contribution < -0.4 is 16.0 Å². The standard InChI is InChI=1S/C11H15FN2O/c1-7(2)11(14-13)8-4-5-10(15-3)9(12)6-8/h4-6,11,14H,1,13H2,2-3H3. The number of benzene rings is 1. The van der Waals surface area contributed by atoms with Crippen molar-refractivity contribution in [3.63, 3.8) is 0 Å². The van der Waals surface area contributed by atoms with E-state index in [4.69, 9.17) is 10.6 Å². The van der Waals surface area contributed by atoms with Crippen molar-refractivity contribution in [3.8, 4) is 5.75 Å². The molecular formula is C11H15FN2O. The number of nitrogens with two attached hydrogens (primary N) is 1. The second-order valence-corrected chi connectivity index (χ2v) is 3.34. The molecule has 0 heterocycles. The lowest BCUT2D eigenvalue weighted by atomic mass is 10.0. The maximum absolute atomic E-state index is 13.4. The number of hydrogen-bond acceptors (Lipinski definition) is 3. The van der Waals surface area contributed by atoms with Gasteiger partial charge in [0, 0.05) is 0 Å². The number of ether oxygens (including phenoxy) is 1. The smallest absolute Gasteiger partial charge is 0.165 e. The van der Waals surface area contributed by atoms with Crippen molar-refractivity contribution in [1.82, 2.24) is 5.43 Å². The Morgan fingerprint density at radius 3 is 2.67 bits per heavy atom. The van der Waals surface area contributed by atoms with E-state index in [0.29, 0.717) is 0 Å². The maximum atomic E-state index is 13.4. The second kappa shape index (κ2) is 4.91. The van der Waals surface area contributed by atoms with E-state index in [-0.39, 0.29) is 11.8 Å². The van der Waals surface area contributed by atoms with Crippen LogP contribution in [0, 0.1) is 5.82 Å². The van der Waals surface area contributed by atoms with Gasteiger partial charge in [0.25, 0.3) is 0 Å². The molecule has 0 radical (unpaired) electrons. The van der Waals surface area contributed by atoms with E-state index in [2.05, 4.69) is 12.0 Å². The number of nitrogens with one attached hydrogen (secondary N) is 1. The van der Waals surface area contributed by atoms with E-state index < -0.39 is 5.82 Å². The van der Waals surface area contributed by atoms with E-state index in [1.54, 1.807) is 12.1 Å². The fourth-order valence-electron chi connectivity index (χ4n) is 1.39. The summed E-state index contributed by atoms with van der Waals surface area (Å²) in [4.78, 5) is 0. The van der Waals surface area contributed by atoms with Gasteiger partial charge in [0.15, 0.2) is 11.6 Å². The molecule has 0 aliphatic heterocycles. The lowest BCUT2D eigenvalue weighted by Gasteiger charge is -2.16. The van der Waals surface area contributed by atoms with E-state index in [1.807, 2.05) is 6.92 Å². The van der Waals surface area contributed by atoms with Gasteiger partial charge in [-0.15, -0.1) is 0 Å². The van der Waals surface area contributed by atoms with Crippen molar-refractivity contribution in [2.24, 2.45) is 5.84 Å². The predicted molar refractivity (Wildman–Crippen MR) is 57.8 cm³/mol. The molecule has 15 heavy (non-hydrogen) atoms. The van der Waals surface area contributed by atoms with Crippen LogP contribution in [0.15, 0.2) is 30.4 Å². The van der Waals surface area contributed by atoms with Crippen molar-refractivity contribution in [2.75, 3.05) is 7.11 Å². The van der Waals surface area contributed by atoms with E-state index in [9.17, 15) is 4.39 Å². The summed E-state index contributed by atoms with van der Waals surface area (Å²) in [5.41, 5.74) is 4.12. The Morgan fingerprint density at radius 2 is 2.27 bits per heavy atom. The van der Waals surface area contributed by atoms with Gasteiger partial charge in [-0.25, -0.2) is 9.82 Å². The van der Waals surface area contributed by atoms with Crippen molar-refractivity contribution in [3.05, 3.63) is 41.7 Å². The van der Waals surface area contributed by atoms with E-state index in [0.717, 1.165) is 11.1 Å². The SMILES string of the molecule is C=C(C)C(NN)c1ccc(OC)c(F)c1. The summed E-state index contributed by atoms with van der Waals surface area (Å²) in [5, 5.41) is 0. The fourth-order valence-corrected chi connectivity index (χ4v) is 1.39. The molecule has 1 aromatic rings. The second-order valence-electron chi connectivity index (χ2n) is 3.34. The van der Waals surface area contributed by atoms with Gasteiger partial charge in [-0.3, -0.25) is 5.84 Å². The third-order valence-corrected chi connectivity index (χ3v) is 2.17. The zero-order valence-electron chi connectivity index (χ0n) is 8.88. The first kappa shape index (κ1) is 11.7. The van der Waals surface area contributed by atoms with Gasteiger partial charge in [-0.2, -0.15) is 0 Å². The minimum absolute atomic E-state index is 0.219. The monoisotopic (exact) mass is 210 g/mol. The topological polar surface area (TPSA) is 47.3 Å². The molecule has 0 saturated carbocycles. The molecule has 0 aliphatic carbocycles. The summed E-state index contributed by atoms with van der Waals surface area (Å²) in [5.74, 6) is 5.17. The summed E-state index contributed by atoms with van der Waals surface area (Å²) >= 11 is 0. The van der Waals surface area contributed by atoms with Gasteiger partial charge in [0.05, 0.1) is 13.2 Å². The van der Waals surface area contributed by atoms with Gasteiger partial charge < -0.3 is 4.74 Å². The maximum Gasteiger partial charge on any atom is 0.165 e. The van der Waals surface area contributed by atoms with Crippen molar-refractivity contribution in [1.29, 1.82) is 0 Å². The highest BCUT2D eigenvalue weighted by Crippen LogP contribution is 2.24. The number of rotatable bonds is 4. The Morgan fingerprint density at radius 1 is 1.60 bits per heavy atom. The quantitative estimate of drug-likeness (QED) is 0.453.